The summed E-state index contributed by atoms with van der Waals surface area (Å²) in [5.41, 5.74) is 0. The third-order valence-corrected chi connectivity index (χ3v) is 3.47. The predicted molar refractivity (Wildman–Crippen MR) is 66.6 cm³/mol. The molecular weight excluding hydrogens is 266 g/mol. The molecule has 0 aliphatic heterocycles. The molecule has 1 heterocycles. The van der Waals surface area contributed by atoms with Crippen molar-refractivity contribution in [2.45, 2.75) is 18.4 Å². The van der Waals surface area contributed by atoms with E-state index < -0.39 is 10.0 Å². The number of nitrogens with one attached hydrogen (secondary N) is 2. The topological polar surface area (TPSA) is 88.9 Å². The second kappa shape index (κ2) is 7.59. The third kappa shape index (κ3) is 4.99. The minimum atomic E-state index is -3.49. The zero-order valence-corrected chi connectivity index (χ0v) is 11.5. The molecule has 0 aliphatic carbocycles. The van der Waals surface area contributed by atoms with Crippen molar-refractivity contribution in [2.75, 3.05) is 19.6 Å². The van der Waals surface area contributed by atoms with Crippen molar-refractivity contribution < 1.29 is 8.42 Å². The smallest absolute Gasteiger partial charge is 0.259 e. The van der Waals surface area contributed by atoms with Gasteiger partial charge < -0.3 is 5.32 Å². The Balaban J connectivity index is 0.00000256. The van der Waals surface area contributed by atoms with Crippen LogP contribution in [0.25, 0.3) is 0 Å². The lowest BCUT2D eigenvalue weighted by Crippen LogP contribution is -2.33. The Morgan fingerprint density at radius 1 is 1.35 bits per heavy atom. The maximum atomic E-state index is 11.7. The van der Waals surface area contributed by atoms with Crippen molar-refractivity contribution >= 4 is 22.4 Å². The van der Waals surface area contributed by atoms with Crippen LogP contribution in [0.2, 0.25) is 0 Å². The molecule has 0 spiro atoms. The normalized spacial score (nSPS) is 11.2. The Morgan fingerprint density at radius 2 is 2.06 bits per heavy atom. The molecule has 7 nitrogen and oxygen atoms in total. The quantitative estimate of drug-likeness (QED) is 0.660. The van der Waals surface area contributed by atoms with E-state index in [-0.39, 0.29) is 17.4 Å². The number of aryl methyl sites for hydroxylation is 1. The Labute approximate surface area is 107 Å². The zero-order chi connectivity index (χ0) is 12.0. The summed E-state index contributed by atoms with van der Waals surface area (Å²) in [6, 6.07) is 0. The van der Waals surface area contributed by atoms with E-state index in [1.54, 1.807) is 0 Å². The molecule has 0 saturated carbocycles. The van der Waals surface area contributed by atoms with Crippen molar-refractivity contribution in [3.8, 4) is 0 Å². The average molecular weight is 284 g/mol. The lowest BCUT2D eigenvalue weighted by Gasteiger charge is -2.06. The summed E-state index contributed by atoms with van der Waals surface area (Å²) in [6.07, 6.45) is 2.25. The second-order valence-electron chi connectivity index (χ2n) is 3.34. The van der Waals surface area contributed by atoms with Gasteiger partial charge in [0, 0.05) is 20.1 Å². The van der Waals surface area contributed by atoms with Gasteiger partial charge in [-0.3, -0.25) is 0 Å². The monoisotopic (exact) mass is 283 g/mol. The highest BCUT2D eigenvalue weighted by atomic mass is 35.5. The number of halogens is 1. The summed E-state index contributed by atoms with van der Waals surface area (Å²) in [7, 11) is -1.95. The van der Waals surface area contributed by atoms with Gasteiger partial charge in [-0.05, 0) is 13.0 Å². The number of nitrogens with zero attached hydrogens (tertiary/aromatic N) is 3. The zero-order valence-electron chi connectivity index (χ0n) is 9.88. The highest BCUT2D eigenvalue weighted by Gasteiger charge is 2.17. The van der Waals surface area contributed by atoms with Gasteiger partial charge in [0.15, 0.2) is 5.03 Å². The van der Waals surface area contributed by atoms with Gasteiger partial charge in [-0.15, -0.1) is 17.5 Å². The first kappa shape index (κ1) is 16.3. The van der Waals surface area contributed by atoms with Crippen LogP contribution in [0.3, 0.4) is 0 Å². The molecule has 0 aromatic carbocycles. The molecule has 0 radical (unpaired) electrons. The predicted octanol–water partition coefficient (Wildman–Crippen LogP) is -0.485. The van der Waals surface area contributed by atoms with E-state index in [1.165, 1.54) is 17.9 Å². The van der Waals surface area contributed by atoms with E-state index in [9.17, 15) is 8.42 Å². The minimum Gasteiger partial charge on any atom is -0.315 e. The molecule has 2 N–H and O–H groups in total. The molecule has 100 valence electrons. The fraction of sp³-hybridized carbons (Fsp3) is 0.750. The lowest BCUT2D eigenvalue weighted by atomic mass is 10.5. The number of hydrogen-bond acceptors (Lipinski definition) is 5. The summed E-state index contributed by atoms with van der Waals surface area (Å²) < 4.78 is 27.1. The minimum absolute atomic E-state index is 0. The van der Waals surface area contributed by atoms with Crippen LogP contribution in [0.15, 0.2) is 11.2 Å². The summed E-state index contributed by atoms with van der Waals surface area (Å²) in [4.78, 5) is 0. The molecule has 0 aliphatic rings. The molecule has 0 bridgehead atoms. The van der Waals surface area contributed by atoms with Gasteiger partial charge in [0.05, 0.1) is 6.20 Å². The van der Waals surface area contributed by atoms with E-state index in [1.807, 2.05) is 0 Å². The molecule has 0 unspecified atom stereocenters. The Morgan fingerprint density at radius 3 is 2.59 bits per heavy atom. The number of sulfonamides is 1. The van der Waals surface area contributed by atoms with Crippen molar-refractivity contribution in [2.24, 2.45) is 7.05 Å². The van der Waals surface area contributed by atoms with Crippen LogP contribution < -0.4 is 10.0 Å². The molecule has 1 rings (SSSR count). The van der Waals surface area contributed by atoms with E-state index in [0.717, 1.165) is 13.0 Å². The number of rotatable bonds is 7. The first-order valence-electron chi connectivity index (χ1n) is 5.13. The first-order chi connectivity index (χ1) is 7.58. The van der Waals surface area contributed by atoms with Crippen molar-refractivity contribution in [1.29, 1.82) is 0 Å². The van der Waals surface area contributed by atoms with Gasteiger partial charge in [0.25, 0.3) is 10.0 Å². The number of hydrogen-bond donors (Lipinski definition) is 2. The molecule has 0 saturated heterocycles. The van der Waals surface area contributed by atoms with Crippen LogP contribution in [0.5, 0.6) is 0 Å². The molecule has 17 heavy (non-hydrogen) atoms. The average Bonchev–Trinajstić information content (AvgIpc) is 2.65. The standard InChI is InChI=1S/C8H17N5O2S.ClH/c1-3-4-9-5-6-11-16(14,15)8-7-10-12-13(8)2;/h7,9,11H,3-6H2,1-2H3;1H. The van der Waals surface area contributed by atoms with Gasteiger partial charge in [-0.25, -0.2) is 17.8 Å². The summed E-state index contributed by atoms with van der Waals surface area (Å²) in [5, 5.41) is 10.3. The second-order valence-corrected chi connectivity index (χ2v) is 5.06. The van der Waals surface area contributed by atoms with Crippen molar-refractivity contribution in [3.63, 3.8) is 0 Å². The first-order valence-corrected chi connectivity index (χ1v) is 6.61. The summed E-state index contributed by atoms with van der Waals surface area (Å²) in [6.45, 7) is 3.90. The molecule has 1 aromatic rings. The van der Waals surface area contributed by atoms with Crippen LogP contribution in [0.4, 0.5) is 0 Å². The van der Waals surface area contributed by atoms with Crippen LogP contribution in [0.1, 0.15) is 13.3 Å². The highest BCUT2D eigenvalue weighted by Crippen LogP contribution is 2.02. The van der Waals surface area contributed by atoms with Crippen LogP contribution >= 0.6 is 12.4 Å². The molecule has 0 atom stereocenters. The molecule has 0 amide bonds. The Hall–Kier alpha value is -0.700. The fourth-order valence-corrected chi connectivity index (χ4v) is 2.26. The van der Waals surface area contributed by atoms with Gasteiger partial charge in [-0.2, -0.15) is 0 Å². The highest BCUT2D eigenvalue weighted by molar-refractivity contribution is 7.89. The maximum Gasteiger partial charge on any atom is 0.259 e. The van der Waals surface area contributed by atoms with Crippen LogP contribution in [-0.4, -0.2) is 43.0 Å². The third-order valence-electron chi connectivity index (χ3n) is 1.97. The molecular formula is C8H18ClN5O2S. The van der Waals surface area contributed by atoms with E-state index in [2.05, 4.69) is 27.3 Å². The van der Waals surface area contributed by atoms with Crippen LogP contribution in [-0.2, 0) is 17.1 Å². The van der Waals surface area contributed by atoms with Gasteiger partial charge >= 0.3 is 0 Å². The van der Waals surface area contributed by atoms with Gasteiger partial charge in [0.1, 0.15) is 0 Å². The number of aromatic nitrogens is 3. The van der Waals surface area contributed by atoms with E-state index in [4.69, 9.17) is 0 Å². The summed E-state index contributed by atoms with van der Waals surface area (Å²) in [5.74, 6) is 0. The Bertz CT molecular complexity index is 419. The van der Waals surface area contributed by atoms with Crippen molar-refractivity contribution in [3.05, 3.63) is 6.20 Å². The van der Waals surface area contributed by atoms with E-state index in [0.29, 0.717) is 13.1 Å². The van der Waals surface area contributed by atoms with E-state index >= 15 is 0 Å². The molecule has 0 fully saturated rings. The lowest BCUT2D eigenvalue weighted by molar-refractivity contribution is 0.557. The summed E-state index contributed by atoms with van der Waals surface area (Å²) >= 11 is 0. The van der Waals surface area contributed by atoms with Gasteiger partial charge in [0.2, 0.25) is 0 Å². The maximum absolute atomic E-state index is 11.7. The van der Waals surface area contributed by atoms with Crippen molar-refractivity contribution in [1.82, 2.24) is 25.0 Å². The molecule has 9 heteroatoms. The fourth-order valence-electron chi connectivity index (χ4n) is 1.17. The SMILES string of the molecule is CCCNCCNS(=O)(=O)c1cnnn1C.Cl. The van der Waals surface area contributed by atoms with Crippen LogP contribution in [0, 0.1) is 0 Å². The Kier molecular flexibility index (Phi) is 7.28. The molecule has 1 aromatic heterocycles. The van der Waals surface area contributed by atoms with Gasteiger partial charge in [-0.1, -0.05) is 12.1 Å². The largest absolute Gasteiger partial charge is 0.315 e.